The van der Waals surface area contributed by atoms with Crippen molar-refractivity contribution in [1.29, 1.82) is 0 Å². The zero-order valence-corrected chi connectivity index (χ0v) is 5.73. The molecule has 0 bridgehead atoms. The van der Waals surface area contributed by atoms with Crippen LogP contribution in [-0.2, 0) is 0 Å². The Hall–Kier alpha value is -1.73. The van der Waals surface area contributed by atoms with E-state index in [4.69, 9.17) is 5.53 Å². The Bertz CT molecular complexity index is 415. The molecule has 0 saturated heterocycles. The monoisotopic (exact) mass is 143 g/mol. The molecule has 0 N–H and O–H groups in total. The second kappa shape index (κ2) is 2.15. The molecule has 3 nitrogen and oxygen atoms in total. The SMILES string of the molecule is [N-]=[N+]=C1C=c2ccccc2=N1. The van der Waals surface area contributed by atoms with E-state index in [1.165, 1.54) is 0 Å². The molecular weight excluding hydrogens is 138 g/mol. The van der Waals surface area contributed by atoms with Crippen LogP contribution in [0.1, 0.15) is 0 Å². The van der Waals surface area contributed by atoms with Gasteiger partial charge in [0.05, 0.1) is 6.08 Å². The van der Waals surface area contributed by atoms with Crippen molar-refractivity contribution in [1.82, 2.24) is 0 Å². The van der Waals surface area contributed by atoms with Crippen molar-refractivity contribution >= 4 is 11.9 Å². The van der Waals surface area contributed by atoms with Crippen LogP contribution in [0, 0.1) is 0 Å². The molecule has 0 saturated carbocycles. The van der Waals surface area contributed by atoms with E-state index in [0.29, 0.717) is 5.84 Å². The van der Waals surface area contributed by atoms with Crippen molar-refractivity contribution in [2.75, 3.05) is 0 Å². The number of nitrogens with zero attached hydrogens (tertiary/aromatic N) is 3. The van der Waals surface area contributed by atoms with Gasteiger partial charge in [-0.1, -0.05) is 18.2 Å². The Morgan fingerprint density at radius 1 is 1.27 bits per heavy atom. The number of hydrogen-bond donors (Lipinski definition) is 0. The number of benzene rings is 1. The first-order chi connectivity index (χ1) is 5.40. The van der Waals surface area contributed by atoms with Gasteiger partial charge in [-0.25, -0.2) is 0 Å². The molecule has 11 heavy (non-hydrogen) atoms. The van der Waals surface area contributed by atoms with Gasteiger partial charge in [0.1, 0.15) is 0 Å². The average Bonchev–Trinajstić information content (AvgIpc) is 2.46. The smallest absolute Gasteiger partial charge is 0.401 e. The lowest BCUT2D eigenvalue weighted by molar-refractivity contribution is -0.00345. The van der Waals surface area contributed by atoms with Crippen LogP contribution in [0.25, 0.3) is 11.6 Å². The number of amidine groups is 1. The topological polar surface area (TPSA) is 48.8 Å². The van der Waals surface area contributed by atoms with E-state index in [-0.39, 0.29) is 0 Å². The normalized spacial score (nSPS) is 12.9. The van der Waals surface area contributed by atoms with Crippen molar-refractivity contribution in [3.05, 3.63) is 40.4 Å². The van der Waals surface area contributed by atoms with Crippen molar-refractivity contribution in [2.24, 2.45) is 4.99 Å². The lowest BCUT2D eigenvalue weighted by Crippen LogP contribution is -2.19. The third-order valence-corrected chi connectivity index (χ3v) is 1.56. The molecule has 2 rings (SSSR count). The summed E-state index contributed by atoms with van der Waals surface area (Å²) in [6.45, 7) is 0. The molecule has 1 aromatic rings. The van der Waals surface area contributed by atoms with Crippen molar-refractivity contribution in [3.63, 3.8) is 0 Å². The molecular formula is C8H5N3. The molecule has 0 unspecified atom stereocenters. The molecule has 0 aromatic heterocycles. The first kappa shape index (κ1) is 6.01. The molecule has 0 amide bonds. The predicted octanol–water partition coefficient (Wildman–Crippen LogP) is -0.271. The maximum Gasteiger partial charge on any atom is 0.401 e. The molecule has 1 aromatic carbocycles. The largest absolute Gasteiger partial charge is 0.497 e. The van der Waals surface area contributed by atoms with Crippen LogP contribution in [0.2, 0.25) is 0 Å². The standard InChI is InChI=1S/C8H5N3/c9-11-8-5-6-3-1-2-4-7(6)10-8/h1-5H. The van der Waals surface area contributed by atoms with Crippen LogP contribution < -0.4 is 10.6 Å². The maximum absolute atomic E-state index is 8.40. The fourth-order valence-electron chi connectivity index (χ4n) is 1.06. The summed E-state index contributed by atoms with van der Waals surface area (Å²) in [4.78, 5) is 7.01. The number of para-hydroxylation sites is 1. The summed E-state index contributed by atoms with van der Waals surface area (Å²) in [5.74, 6) is 0.367. The highest BCUT2D eigenvalue weighted by Gasteiger charge is 2.08. The molecule has 0 fully saturated rings. The molecule has 0 atom stereocenters. The third-order valence-electron chi connectivity index (χ3n) is 1.56. The fraction of sp³-hybridized carbons (Fsp3) is 0. The highest BCUT2D eigenvalue weighted by molar-refractivity contribution is 6.06. The van der Waals surface area contributed by atoms with Gasteiger partial charge in [-0.05, 0) is 11.1 Å². The summed E-state index contributed by atoms with van der Waals surface area (Å²) in [6, 6.07) is 7.63. The van der Waals surface area contributed by atoms with E-state index < -0.39 is 0 Å². The average molecular weight is 143 g/mol. The minimum absolute atomic E-state index is 0.367. The van der Waals surface area contributed by atoms with Gasteiger partial charge in [0.25, 0.3) is 0 Å². The molecule has 0 aliphatic carbocycles. The highest BCUT2D eigenvalue weighted by Crippen LogP contribution is 1.82. The van der Waals surface area contributed by atoms with Crippen LogP contribution in [0.3, 0.4) is 0 Å². The van der Waals surface area contributed by atoms with E-state index in [9.17, 15) is 0 Å². The van der Waals surface area contributed by atoms with Gasteiger partial charge in [0.15, 0.2) is 5.36 Å². The summed E-state index contributed by atoms with van der Waals surface area (Å²) < 4.78 is 0. The van der Waals surface area contributed by atoms with Crippen LogP contribution >= 0.6 is 0 Å². The third kappa shape index (κ3) is 0.876. The Balaban J connectivity index is 2.91. The second-order valence-electron chi connectivity index (χ2n) is 2.27. The lowest BCUT2D eigenvalue weighted by atomic mass is 10.3. The van der Waals surface area contributed by atoms with E-state index in [0.717, 1.165) is 10.6 Å². The van der Waals surface area contributed by atoms with E-state index >= 15 is 0 Å². The highest BCUT2D eigenvalue weighted by atomic mass is 15.0. The minimum Gasteiger partial charge on any atom is -0.497 e. The summed E-state index contributed by atoms with van der Waals surface area (Å²) in [6.07, 6.45) is 1.73. The van der Waals surface area contributed by atoms with E-state index in [2.05, 4.69) is 9.78 Å². The fourth-order valence-corrected chi connectivity index (χ4v) is 1.06. The zero-order chi connectivity index (χ0) is 7.68. The molecule has 52 valence electrons. The van der Waals surface area contributed by atoms with E-state index in [1.54, 1.807) is 6.08 Å². The second-order valence-corrected chi connectivity index (χ2v) is 2.27. The molecule has 0 spiro atoms. The van der Waals surface area contributed by atoms with Gasteiger partial charge in [-0.3, -0.25) is 0 Å². The van der Waals surface area contributed by atoms with Gasteiger partial charge in [-0.15, -0.1) is 0 Å². The molecule has 1 aliphatic rings. The van der Waals surface area contributed by atoms with Gasteiger partial charge in [0.2, 0.25) is 0 Å². The first-order valence-corrected chi connectivity index (χ1v) is 3.28. The summed E-state index contributed by atoms with van der Waals surface area (Å²) in [5.41, 5.74) is 8.40. The Morgan fingerprint density at radius 3 is 2.82 bits per heavy atom. The van der Waals surface area contributed by atoms with Gasteiger partial charge in [0, 0.05) is 5.22 Å². The van der Waals surface area contributed by atoms with Crippen molar-refractivity contribution < 1.29 is 4.79 Å². The molecule has 3 heteroatoms. The first-order valence-electron chi connectivity index (χ1n) is 3.28. The van der Waals surface area contributed by atoms with Crippen LogP contribution in [0.15, 0.2) is 29.3 Å². The van der Waals surface area contributed by atoms with Crippen LogP contribution in [-0.4, -0.2) is 10.6 Å². The van der Waals surface area contributed by atoms with Gasteiger partial charge >= 0.3 is 5.84 Å². The molecule has 1 aliphatic heterocycles. The van der Waals surface area contributed by atoms with Crippen molar-refractivity contribution in [2.45, 2.75) is 0 Å². The Kier molecular flexibility index (Phi) is 1.17. The van der Waals surface area contributed by atoms with Gasteiger partial charge < -0.3 is 10.3 Å². The lowest BCUT2D eigenvalue weighted by Gasteiger charge is -1.73. The minimum atomic E-state index is 0.367. The number of rotatable bonds is 0. The summed E-state index contributed by atoms with van der Waals surface area (Å²) in [7, 11) is 0. The summed E-state index contributed by atoms with van der Waals surface area (Å²) >= 11 is 0. The molecule has 1 heterocycles. The number of hydrogen-bond acceptors (Lipinski definition) is 0. The van der Waals surface area contributed by atoms with E-state index in [1.807, 2.05) is 24.3 Å². The van der Waals surface area contributed by atoms with Crippen LogP contribution in [0.5, 0.6) is 0 Å². The molecule has 0 radical (unpaired) electrons. The quantitative estimate of drug-likeness (QED) is 0.354. The predicted molar refractivity (Wildman–Crippen MR) is 40.3 cm³/mol. The Morgan fingerprint density at radius 2 is 2.09 bits per heavy atom. The summed E-state index contributed by atoms with van der Waals surface area (Å²) in [5, 5.41) is 1.86. The van der Waals surface area contributed by atoms with Crippen molar-refractivity contribution in [3.8, 4) is 0 Å². The van der Waals surface area contributed by atoms with Gasteiger partial charge in [-0.2, -0.15) is 0 Å². The van der Waals surface area contributed by atoms with Crippen LogP contribution in [0.4, 0.5) is 0 Å². The Labute approximate surface area is 62.9 Å². The number of fused-ring (bicyclic) bond motifs is 1. The maximum atomic E-state index is 8.40. The zero-order valence-electron chi connectivity index (χ0n) is 5.73.